The molecule has 2 atom stereocenters. The van der Waals surface area contributed by atoms with Gasteiger partial charge < -0.3 is 0 Å². The lowest BCUT2D eigenvalue weighted by Crippen LogP contribution is -2.13. The molecule has 102 valence electrons. The normalized spacial score (nSPS) is 27.1. The molecule has 1 aliphatic carbocycles. The Kier molecular flexibility index (Phi) is 5.93. The fourth-order valence-corrected chi connectivity index (χ4v) is 3.18. The molecule has 0 heterocycles. The molecule has 2 unspecified atom stereocenters. The van der Waals surface area contributed by atoms with Crippen LogP contribution in [0.4, 0.5) is 0 Å². The van der Waals surface area contributed by atoms with Gasteiger partial charge in [0.2, 0.25) is 0 Å². The highest BCUT2D eigenvalue weighted by atomic mass is 32.2. The molecular formula is C13H26O3S. The third-order valence-electron chi connectivity index (χ3n) is 3.53. The smallest absolute Gasteiger partial charge is 0.264 e. The van der Waals surface area contributed by atoms with Gasteiger partial charge in [-0.2, -0.15) is 8.42 Å². The Balaban J connectivity index is 2.32. The zero-order chi connectivity index (χ0) is 12.9. The second kappa shape index (κ2) is 6.74. The van der Waals surface area contributed by atoms with Crippen molar-refractivity contribution in [2.45, 2.75) is 52.4 Å². The average Bonchev–Trinajstić information content (AvgIpc) is 2.38. The van der Waals surface area contributed by atoms with Crippen LogP contribution >= 0.6 is 0 Å². The first-order valence-corrected chi connectivity index (χ1v) is 8.53. The summed E-state index contributed by atoms with van der Waals surface area (Å²) in [5.41, 5.74) is 0. The minimum atomic E-state index is -3.27. The maximum Gasteiger partial charge on any atom is 0.264 e. The minimum Gasteiger partial charge on any atom is -0.270 e. The third kappa shape index (κ3) is 7.04. The van der Waals surface area contributed by atoms with Gasteiger partial charge in [0.05, 0.1) is 12.9 Å². The Morgan fingerprint density at radius 1 is 1.12 bits per heavy atom. The molecule has 0 saturated heterocycles. The zero-order valence-corrected chi connectivity index (χ0v) is 12.1. The minimum absolute atomic E-state index is 0.382. The second-order valence-corrected chi connectivity index (χ2v) is 7.50. The Morgan fingerprint density at radius 2 is 1.71 bits per heavy atom. The van der Waals surface area contributed by atoms with E-state index in [9.17, 15) is 8.42 Å². The third-order valence-corrected chi connectivity index (χ3v) is 4.09. The lowest BCUT2D eigenvalue weighted by atomic mass is 9.90. The molecule has 0 aromatic heterocycles. The summed E-state index contributed by atoms with van der Waals surface area (Å²) in [6, 6.07) is 0. The summed E-state index contributed by atoms with van der Waals surface area (Å²) in [6.45, 7) is 4.93. The fraction of sp³-hybridized carbons (Fsp3) is 1.00. The highest BCUT2D eigenvalue weighted by Gasteiger charge is 2.20. The molecule has 0 spiro atoms. The van der Waals surface area contributed by atoms with Gasteiger partial charge in [-0.05, 0) is 37.0 Å². The van der Waals surface area contributed by atoms with E-state index in [0.29, 0.717) is 12.5 Å². The summed E-state index contributed by atoms with van der Waals surface area (Å²) in [7, 11) is -3.27. The van der Waals surface area contributed by atoms with Crippen molar-refractivity contribution in [3.05, 3.63) is 0 Å². The van der Waals surface area contributed by atoms with Gasteiger partial charge >= 0.3 is 0 Å². The van der Waals surface area contributed by atoms with Crippen molar-refractivity contribution < 1.29 is 12.6 Å². The van der Waals surface area contributed by atoms with Crippen LogP contribution in [0.15, 0.2) is 0 Å². The molecule has 1 aliphatic rings. The number of hydrogen-bond donors (Lipinski definition) is 0. The molecule has 0 amide bonds. The van der Waals surface area contributed by atoms with Gasteiger partial charge in [0, 0.05) is 0 Å². The largest absolute Gasteiger partial charge is 0.270 e. The monoisotopic (exact) mass is 262 g/mol. The summed E-state index contributed by atoms with van der Waals surface area (Å²) in [5.74, 6) is 2.03. The Hall–Kier alpha value is -0.0900. The van der Waals surface area contributed by atoms with Gasteiger partial charge in [-0.3, -0.25) is 4.18 Å². The van der Waals surface area contributed by atoms with Crippen LogP contribution in [0.25, 0.3) is 0 Å². The quantitative estimate of drug-likeness (QED) is 0.564. The maximum absolute atomic E-state index is 10.9. The lowest BCUT2D eigenvalue weighted by Gasteiger charge is -2.16. The van der Waals surface area contributed by atoms with E-state index < -0.39 is 10.1 Å². The fourth-order valence-electron chi connectivity index (χ4n) is 2.74. The predicted octanol–water partition coefficient (Wildman–Crippen LogP) is 3.21. The molecule has 0 radical (unpaired) electrons. The first-order chi connectivity index (χ1) is 7.87. The van der Waals surface area contributed by atoms with E-state index in [1.165, 1.54) is 25.7 Å². The van der Waals surface area contributed by atoms with E-state index in [1.54, 1.807) is 0 Å². The molecule has 4 heteroatoms. The van der Waals surface area contributed by atoms with E-state index in [0.717, 1.165) is 30.9 Å². The molecule has 3 nitrogen and oxygen atoms in total. The number of rotatable bonds is 5. The molecule has 1 rings (SSSR count). The van der Waals surface area contributed by atoms with Crippen LogP contribution in [0, 0.1) is 17.8 Å². The molecule has 1 saturated carbocycles. The molecular weight excluding hydrogens is 236 g/mol. The van der Waals surface area contributed by atoms with Crippen molar-refractivity contribution in [2.24, 2.45) is 17.8 Å². The lowest BCUT2D eigenvalue weighted by molar-refractivity contribution is 0.238. The van der Waals surface area contributed by atoms with E-state index in [1.807, 2.05) is 0 Å². The molecule has 0 aromatic rings. The second-order valence-electron chi connectivity index (χ2n) is 5.86. The molecule has 17 heavy (non-hydrogen) atoms. The zero-order valence-electron chi connectivity index (χ0n) is 11.3. The SMILES string of the molecule is CC(C)CC1CCCC(COS(C)(=O)=O)CC1. The van der Waals surface area contributed by atoms with E-state index >= 15 is 0 Å². The molecule has 1 fully saturated rings. The highest BCUT2D eigenvalue weighted by Crippen LogP contribution is 2.31. The molecule has 0 N–H and O–H groups in total. The van der Waals surface area contributed by atoms with Gasteiger partial charge in [0.25, 0.3) is 10.1 Å². The van der Waals surface area contributed by atoms with Gasteiger partial charge in [-0.1, -0.05) is 33.1 Å². The van der Waals surface area contributed by atoms with Crippen molar-refractivity contribution in [1.82, 2.24) is 0 Å². The Morgan fingerprint density at radius 3 is 2.29 bits per heavy atom. The summed E-state index contributed by atoms with van der Waals surface area (Å²) >= 11 is 0. The van der Waals surface area contributed by atoms with Crippen molar-refractivity contribution in [1.29, 1.82) is 0 Å². The summed E-state index contributed by atoms with van der Waals surface area (Å²) in [5, 5.41) is 0. The van der Waals surface area contributed by atoms with Crippen LogP contribution < -0.4 is 0 Å². The van der Waals surface area contributed by atoms with Crippen LogP contribution in [0.1, 0.15) is 52.4 Å². The topological polar surface area (TPSA) is 43.4 Å². The Bertz CT molecular complexity index is 309. The van der Waals surface area contributed by atoms with Crippen molar-refractivity contribution in [2.75, 3.05) is 12.9 Å². The van der Waals surface area contributed by atoms with Gasteiger partial charge in [0.1, 0.15) is 0 Å². The standard InChI is InChI=1S/C13H26O3S/c1-11(2)9-12-5-4-6-13(8-7-12)10-16-17(3,14)15/h11-13H,4-10H2,1-3H3. The molecule has 0 aromatic carbocycles. The number of hydrogen-bond acceptors (Lipinski definition) is 3. The average molecular weight is 262 g/mol. The summed E-state index contributed by atoms with van der Waals surface area (Å²) in [6.07, 6.45) is 8.42. The van der Waals surface area contributed by atoms with Crippen LogP contribution in [-0.4, -0.2) is 21.3 Å². The van der Waals surface area contributed by atoms with E-state index in [2.05, 4.69) is 13.8 Å². The van der Waals surface area contributed by atoms with Crippen LogP contribution in [0.2, 0.25) is 0 Å². The van der Waals surface area contributed by atoms with Crippen molar-refractivity contribution in [3.63, 3.8) is 0 Å². The van der Waals surface area contributed by atoms with Gasteiger partial charge in [-0.15, -0.1) is 0 Å². The molecule has 0 aliphatic heterocycles. The first kappa shape index (κ1) is 15.0. The molecule has 0 bridgehead atoms. The van der Waals surface area contributed by atoms with Gasteiger partial charge in [-0.25, -0.2) is 0 Å². The highest BCUT2D eigenvalue weighted by molar-refractivity contribution is 7.85. The Labute approximate surface area is 106 Å². The summed E-state index contributed by atoms with van der Waals surface area (Å²) in [4.78, 5) is 0. The predicted molar refractivity (Wildman–Crippen MR) is 70.3 cm³/mol. The maximum atomic E-state index is 10.9. The van der Waals surface area contributed by atoms with E-state index in [-0.39, 0.29) is 0 Å². The van der Waals surface area contributed by atoms with Crippen molar-refractivity contribution in [3.8, 4) is 0 Å². The van der Waals surface area contributed by atoms with Crippen LogP contribution in [-0.2, 0) is 14.3 Å². The van der Waals surface area contributed by atoms with Crippen molar-refractivity contribution >= 4 is 10.1 Å². The first-order valence-electron chi connectivity index (χ1n) is 6.71. The van der Waals surface area contributed by atoms with Gasteiger partial charge in [0.15, 0.2) is 0 Å². The summed E-state index contributed by atoms with van der Waals surface area (Å²) < 4.78 is 26.8. The van der Waals surface area contributed by atoms with Crippen LogP contribution in [0.5, 0.6) is 0 Å². The van der Waals surface area contributed by atoms with E-state index in [4.69, 9.17) is 4.18 Å². The van der Waals surface area contributed by atoms with Crippen LogP contribution in [0.3, 0.4) is 0 Å².